The Bertz CT molecular complexity index is 358. The first-order valence-corrected chi connectivity index (χ1v) is 6.99. The summed E-state index contributed by atoms with van der Waals surface area (Å²) in [6.07, 6.45) is 9.16. The highest BCUT2D eigenvalue weighted by atomic mass is 35.5. The summed E-state index contributed by atoms with van der Waals surface area (Å²) in [7, 11) is 0. The van der Waals surface area contributed by atoms with E-state index in [1.165, 1.54) is 44.1 Å². The summed E-state index contributed by atoms with van der Waals surface area (Å²) in [6, 6.07) is 3.72. The van der Waals surface area contributed by atoms with Crippen LogP contribution in [0.5, 0.6) is 0 Å². The average molecular weight is 255 g/mol. The number of benzene rings is 1. The van der Waals surface area contributed by atoms with Crippen molar-refractivity contribution in [1.82, 2.24) is 0 Å². The predicted molar refractivity (Wildman–Crippen MR) is 71.0 cm³/mol. The Kier molecular flexibility index (Phi) is 4.44. The maximum absolute atomic E-state index is 13.4. The highest BCUT2D eigenvalue weighted by molar-refractivity contribution is 6.30. The van der Waals surface area contributed by atoms with Gasteiger partial charge in [0, 0.05) is 0 Å². The second-order valence-electron chi connectivity index (χ2n) is 5.25. The van der Waals surface area contributed by atoms with Gasteiger partial charge in [0.25, 0.3) is 0 Å². The van der Waals surface area contributed by atoms with E-state index >= 15 is 0 Å². The van der Waals surface area contributed by atoms with Crippen molar-refractivity contribution >= 4 is 11.6 Å². The van der Waals surface area contributed by atoms with E-state index in [4.69, 9.17) is 11.6 Å². The minimum absolute atomic E-state index is 0.267. The molecule has 94 valence electrons. The van der Waals surface area contributed by atoms with Crippen LogP contribution in [-0.4, -0.2) is 0 Å². The number of aryl methyl sites for hydroxylation is 2. The molecule has 0 aromatic heterocycles. The molecule has 1 aromatic rings. The van der Waals surface area contributed by atoms with Crippen LogP contribution >= 0.6 is 11.6 Å². The summed E-state index contributed by atoms with van der Waals surface area (Å²) < 4.78 is 13.4. The Balaban J connectivity index is 1.94. The van der Waals surface area contributed by atoms with Crippen LogP contribution in [-0.2, 0) is 6.42 Å². The van der Waals surface area contributed by atoms with E-state index in [-0.39, 0.29) is 10.8 Å². The Morgan fingerprint density at radius 1 is 1.24 bits per heavy atom. The van der Waals surface area contributed by atoms with Gasteiger partial charge < -0.3 is 0 Å². The van der Waals surface area contributed by atoms with Crippen LogP contribution < -0.4 is 0 Å². The quantitative estimate of drug-likeness (QED) is 0.687. The summed E-state index contributed by atoms with van der Waals surface area (Å²) in [4.78, 5) is 0. The molecule has 0 unspecified atom stereocenters. The van der Waals surface area contributed by atoms with Crippen molar-refractivity contribution in [3.05, 3.63) is 34.1 Å². The molecular weight excluding hydrogens is 235 g/mol. The minimum atomic E-state index is -0.270. The molecule has 17 heavy (non-hydrogen) atoms. The van der Waals surface area contributed by atoms with Gasteiger partial charge in [-0.2, -0.15) is 0 Å². The molecule has 0 aliphatic heterocycles. The van der Waals surface area contributed by atoms with E-state index in [0.717, 1.165) is 12.3 Å². The molecule has 0 nitrogen and oxygen atoms in total. The van der Waals surface area contributed by atoms with Crippen LogP contribution in [0.1, 0.15) is 49.7 Å². The van der Waals surface area contributed by atoms with Crippen LogP contribution in [0.15, 0.2) is 12.1 Å². The van der Waals surface area contributed by atoms with Crippen LogP contribution in [0.4, 0.5) is 4.39 Å². The van der Waals surface area contributed by atoms with Gasteiger partial charge in [0.05, 0.1) is 5.02 Å². The Hall–Kier alpha value is -0.560. The minimum Gasteiger partial charge on any atom is -0.205 e. The smallest absolute Gasteiger partial charge is 0.144 e. The Morgan fingerprint density at radius 2 is 1.94 bits per heavy atom. The van der Waals surface area contributed by atoms with Gasteiger partial charge in [-0.25, -0.2) is 4.39 Å². The zero-order valence-corrected chi connectivity index (χ0v) is 11.2. The highest BCUT2D eigenvalue weighted by Gasteiger charge is 2.14. The lowest BCUT2D eigenvalue weighted by atomic mass is 9.85. The lowest BCUT2D eigenvalue weighted by Gasteiger charge is -2.21. The molecule has 1 saturated carbocycles. The second kappa shape index (κ2) is 5.86. The van der Waals surface area contributed by atoms with Crippen molar-refractivity contribution in [1.29, 1.82) is 0 Å². The maximum atomic E-state index is 13.4. The van der Waals surface area contributed by atoms with E-state index in [0.29, 0.717) is 5.56 Å². The average Bonchev–Trinajstić information content (AvgIpc) is 2.34. The number of hydrogen-bond acceptors (Lipinski definition) is 0. The fourth-order valence-electron chi connectivity index (χ4n) is 2.79. The Labute approximate surface area is 108 Å². The molecule has 0 amide bonds. The van der Waals surface area contributed by atoms with Gasteiger partial charge in [-0.3, -0.25) is 0 Å². The molecule has 0 N–H and O–H groups in total. The zero-order chi connectivity index (χ0) is 12.3. The monoisotopic (exact) mass is 254 g/mol. The first-order valence-electron chi connectivity index (χ1n) is 6.61. The van der Waals surface area contributed by atoms with E-state index in [2.05, 4.69) is 0 Å². The first-order chi connectivity index (χ1) is 8.16. The fourth-order valence-corrected chi connectivity index (χ4v) is 3.08. The molecule has 1 aliphatic rings. The summed E-state index contributed by atoms with van der Waals surface area (Å²) >= 11 is 5.87. The van der Waals surface area contributed by atoms with Gasteiger partial charge in [-0.1, -0.05) is 49.8 Å². The van der Waals surface area contributed by atoms with Gasteiger partial charge >= 0.3 is 0 Å². The lowest BCUT2D eigenvalue weighted by Crippen LogP contribution is -2.07. The van der Waals surface area contributed by atoms with E-state index in [9.17, 15) is 4.39 Å². The van der Waals surface area contributed by atoms with Crippen LogP contribution in [0.3, 0.4) is 0 Å². The van der Waals surface area contributed by atoms with Crippen molar-refractivity contribution < 1.29 is 4.39 Å². The van der Waals surface area contributed by atoms with Crippen LogP contribution in [0.25, 0.3) is 0 Å². The second-order valence-corrected chi connectivity index (χ2v) is 5.66. The highest BCUT2D eigenvalue weighted by Crippen LogP contribution is 2.28. The zero-order valence-electron chi connectivity index (χ0n) is 10.4. The van der Waals surface area contributed by atoms with Crippen molar-refractivity contribution in [2.75, 3.05) is 0 Å². The molecule has 2 rings (SSSR count). The van der Waals surface area contributed by atoms with Gasteiger partial charge in [-0.15, -0.1) is 0 Å². The molecule has 0 saturated heterocycles. The van der Waals surface area contributed by atoms with Crippen molar-refractivity contribution in [2.24, 2.45) is 5.92 Å². The molecule has 0 atom stereocenters. The lowest BCUT2D eigenvalue weighted by molar-refractivity contribution is 0.339. The topological polar surface area (TPSA) is 0 Å². The van der Waals surface area contributed by atoms with Crippen LogP contribution in [0, 0.1) is 18.7 Å². The normalized spacial score (nSPS) is 17.4. The number of halogens is 2. The number of hydrogen-bond donors (Lipinski definition) is 0. The summed E-state index contributed by atoms with van der Waals surface area (Å²) in [5.74, 6) is 0.598. The van der Waals surface area contributed by atoms with Gasteiger partial charge in [0.1, 0.15) is 5.82 Å². The molecule has 0 radical (unpaired) electrons. The number of rotatable bonds is 3. The summed E-state index contributed by atoms with van der Waals surface area (Å²) in [5, 5.41) is 0.267. The van der Waals surface area contributed by atoms with Crippen LogP contribution in [0.2, 0.25) is 5.02 Å². The summed E-state index contributed by atoms with van der Waals surface area (Å²) in [5.41, 5.74) is 1.84. The molecule has 2 heteroatoms. The van der Waals surface area contributed by atoms with Gasteiger partial charge in [-0.05, 0) is 42.9 Å². The van der Waals surface area contributed by atoms with E-state index < -0.39 is 0 Å². The van der Waals surface area contributed by atoms with Crippen molar-refractivity contribution in [3.63, 3.8) is 0 Å². The third-order valence-corrected chi connectivity index (χ3v) is 4.11. The maximum Gasteiger partial charge on any atom is 0.144 e. The predicted octanol–water partition coefficient (Wildman–Crippen LogP) is 5.30. The molecule has 0 heterocycles. The largest absolute Gasteiger partial charge is 0.205 e. The third-order valence-electron chi connectivity index (χ3n) is 3.84. The molecule has 1 fully saturated rings. The van der Waals surface area contributed by atoms with Gasteiger partial charge in [0.15, 0.2) is 0 Å². The van der Waals surface area contributed by atoms with E-state index in [1.54, 1.807) is 13.0 Å². The van der Waals surface area contributed by atoms with Gasteiger partial charge in [0.2, 0.25) is 0 Å². The SMILES string of the molecule is Cc1cc(CCC2CCCCC2)cc(Cl)c1F. The first kappa shape index (κ1) is 12.9. The molecule has 1 aliphatic carbocycles. The standard InChI is InChI=1S/C15H20ClF/c1-11-9-13(10-14(16)15(11)17)8-7-12-5-3-2-4-6-12/h9-10,12H,2-8H2,1H3. The third kappa shape index (κ3) is 3.45. The molecular formula is C15H20ClF. The fraction of sp³-hybridized carbons (Fsp3) is 0.600. The van der Waals surface area contributed by atoms with E-state index in [1.807, 2.05) is 6.07 Å². The Morgan fingerprint density at radius 3 is 2.59 bits per heavy atom. The molecule has 0 spiro atoms. The summed E-state index contributed by atoms with van der Waals surface area (Å²) in [6.45, 7) is 1.78. The van der Waals surface area contributed by atoms with Crippen molar-refractivity contribution in [2.45, 2.75) is 51.9 Å². The molecule has 1 aromatic carbocycles. The molecule has 0 bridgehead atoms. The van der Waals surface area contributed by atoms with Crippen molar-refractivity contribution in [3.8, 4) is 0 Å².